The molecule has 4 aromatic heterocycles. The van der Waals surface area contributed by atoms with E-state index in [9.17, 15) is 13.2 Å². The number of methoxy groups -OCH3 is 1. The number of fused-ring (bicyclic) bond motifs is 1. The summed E-state index contributed by atoms with van der Waals surface area (Å²) in [6.45, 7) is 6.46. The maximum atomic E-state index is 13.6. The minimum absolute atomic E-state index is 0.0227. The molecule has 11 heteroatoms. The summed E-state index contributed by atoms with van der Waals surface area (Å²) in [5, 5.41) is 11.2. The number of aromatic nitrogens is 6. The molecule has 5 heterocycles. The average molecular weight is 500 g/mol. The number of ether oxygens (including phenoxy) is 1. The number of aromatic amines is 1. The van der Waals surface area contributed by atoms with Crippen molar-refractivity contribution < 1.29 is 17.9 Å². The minimum Gasteiger partial charge on any atom is -0.493 e. The fraction of sp³-hybridized carbons (Fsp3) is 0.440. The van der Waals surface area contributed by atoms with Gasteiger partial charge in [0.15, 0.2) is 11.4 Å². The van der Waals surface area contributed by atoms with Gasteiger partial charge in [-0.05, 0) is 63.4 Å². The molecular formula is C25H28F3N7O. The Kier molecular flexibility index (Phi) is 6.42. The number of alkyl halides is 3. The second-order valence-corrected chi connectivity index (χ2v) is 9.42. The van der Waals surface area contributed by atoms with E-state index in [2.05, 4.69) is 44.0 Å². The maximum absolute atomic E-state index is 13.6. The van der Waals surface area contributed by atoms with Crippen molar-refractivity contribution in [2.24, 2.45) is 0 Å². The summed E-state index contributed by atoms with van der Waals surface area (Å²) < 4.78 is 47.7. The number of halogens is 3. The number of hydrogen-bond acceptors (Lipinski definition) is 6. The van der Waals surface area contributed by atoms with Gasteiger partial charge in [-0.1, -0.05) is 6.07 Å². The number of nitrogens with zero attached hydrogens (tertiary/aromatic N) is 6. The number of piperidine rings is 1. The molecule has 1 saturated heterocycles. The van der Waals surface area contributed by atoms with Crippen LogP contribution in [0, 0.1) is 0 Å². The van der Waals surface area contributed by atoms with Gasteiger partial charge in [-0.25, -0.2) is 9.50 Å². The van der Waals surface area contributed by atoms with E-state index >= 15 is 0 Å². The molecule has 0 aliphatic carbocycles. The summed E-state index contributed by atoms with van der Waals surface area (Å²) in [6, 6.07) is 5.89. The molecule has 0 radical (unpaired) electrons. The summed E-state index contributed by atoms with van der Waals surface area (Å²) in [6.07, 6.45) is 1.23. The van der Waals surface area contributed by atoms with E-state index in [0.717, 1.165) is 31.5 Å². The van der Waals surface area contributed by atoms with Crippen LogP contribution in [0.25, 0.3) is 28.3 Å². The highest BCUT2D eigenvalue weighted by Crippen LogP contribution is 2.36. The predicted octanol–water partition coefficient (Wildman–Crippen LogP) is 4.88. The summed E-state index contributed by atoms with van der Waals surface area (Å²) in [7, 11) is 1.47. The Morgan fingerprint density at radius 2 is 1.94 bits per heavy atom. The highest BCUT2D eigenvalue weighted by atomic mass is 19.4. The van der Waals surface area contributed by atoms with Gasteiger partial charge in [-0.3, -0.25) is 10.1 Å². The van der Waals surface area contributed by atoms with E-state index in [0.29, 0.717) is 34.6 Å². The third-order valence-corrected chi connectivity index (χ3v) is 6.85. The molecule has 1 N–H and O–H groups in total. The van der Waals surface area contributed by atoms with Crippen LogP contribution in [0.15, 0.2) is 36.9 Å². The molecule has 0 unspecified atom stereocenters. The third-order valence-electron chi connectivity index (χ3n) is 6.85. The second-order valence-electron chi connectivity index (χ2n) is 9.42. The number of rotatable bonds is 6. The summed E-state index contributed by atoms with van der Waals surface area (Å²) in [4.78, 5) is 11.1. The molecule has 0 spiro atoms. The van der Waals surface area contributed by atoms with Crippen LogP contribution < -0.4 is 4.74 Å². The Labute approximate surface area is 206 Å². The van der Waals surface area contributed by atoms with Crippen LogP contribution in [-0.4, -0.2) is 67.1 Å². The minimum atomic E-state index is -4.43. The zero-order chi connectivity index (χ0) is 25.4. The molecule has 0 atom stereocenters. The van der Waals surface area contributed by atoms with Gasteiger partial charge in [-0.15, -0.1) is 0 Å². The number of nitrogens with one attached hydrogen (secondary N) is 1. The summed E-state index contributed by atoms with van der Waals surface area (Å²) >= 11 is 0. The highest BCUT2D eigenvalue weighted by Gasteiger charge is 2.33. The van der Waals surface area contributed by atoms with E-state index in [1.807, 2.05) is 6.07 Å². The van der Waals surface area contributed by atoms with Crippen LogP contribution in [-0.2, 0) is 6.42 Å². The van der Waals surface area contributed by atoms with Crippen molar-refractivity contribution in [1.29, 1.82) is 0 Å². The van der Waals surface area contributed by atoms with Gasteiger partial charge in [0, 0.05) is 29.6 Å². The average Bonchev–Trinajstić information content (AvgIpc) is 3.49. The van der Waals surface area contributed by atoms with Gasteiger partial charge in [0.25, 0.3) is 0 Å². The predicted molar refractivity (Wildman–Crippen MR) is 129 cm³/mol. The Bertz CT molecular complexity index is 1340. The molecule has 36 heavy (non-hydrogen) atoms. The Morgan fingerprint density at radius 1 is 1.17 bits per heavy atom. The van der Waals surface area contributed by atoms with Gasteiger partial charge in [0.2, 0.25) is 0 Å². The molecule has 1 fully saturated rings. The second kappa shape index (κ2) is 9.53. The first kappa shape index (κ1) is 24.2. The zero-order valence-corrected chi connectivity index (χ0v) is 20.4. The Balaban J connectivity index is 1.48. The van der Waals surface area contributed by atoms with E-state index in [1.54, 1.807) is 24.5 Å². The summed E-state index contributed by atoms with van der Waals surface area (Å²) in [5.74, 6) is 0.790. The molecule has 190 valence electrons. The molecular weight excluding hydrogens is 471 g/mol. The van der Waals surface area contributed by atoms with Crippen molar-refractivity contribution in [3.8, 4) is 28.4 Å². The lowest BCUT2D eigenvalue weighted by Gasteiger charge is -2.34. The van der Waals surface area contributed by atoms with E-state index in [1.165, 1.54) is 18.0 Å². The highest BCUT2D eigenvalue weighted by molar-refractivity contribution is 5.75. The van der Waals surface area contributed by atoms with Gasteiger partial charge in [0.05, 0.1) is 24.9 Å². The zero-order valence-electron chi connectivity index (χ0n) is 20.4. The van der Waals surface area contributed by atoms with Crippen LogP contribution in [0.1, 0.15) is 43.7 Å². The van der Waals surface area contributed by atoms with Crippen molar-refractivity contribution in [2.45, 2.75) is 51.2 Å². The van der Waals surface area contributed by atoms with Crippen LogP contribution in [0.2, 0.25) is 0 Å². The molecule has 4 aromatic rings. The van der Waals surface area contributed by atoms with Gasteiger partial charge >= 0.3 is 6.18 Å². The molecule has 0 aromatic carbocycles. The van der Waals surface area contributed by atoms with Gasteiger partial charge in [0.1, 0.15) is 12.0 Å². The third kappa shape index (κ3) is 4.79. The van der Waals surface area contributed by atoms with Crippen LogP contribution in [0.3, 0.4) is 0 Å². The SMILES string of the molecule is COc1cc(-c2[nH]nc(-c3ccc(C4CCN(C(C)C)CC4)cn3)c2CC(F)(F)F)cn2ncnc12. The molecule has 1 aliphatic heterocycles. The largest absolute Gasteiger partial charge is 0.493 e. The van der Waals surface area contributed by atoms with Crippen molar-refractivity contribution in [2.75, 3.05) is 20.2 Å². The van der Waals surface area contributed by atoms with Crippen molar-refractivity contribution in [1.82, 2.24) is 34.7 Å². The monoisotopic (exact) mass is 499 g/mol. The standard InChI is InChI=1S/C25H28F3N7O/c1-15(2)34-8-6-16(7-9-34)17-4-5-20(29-12-17)23-19(11-25(26,27)28)22(32-33-23)18-10-21(36-3)24-30-14-31-35(24)13-18/h4-5,10,12-16H,6-9,11H2,1-3H3,(H,32,33). The number of likely N-dealkylation sites (tertiary alicyclic amines) is 1. The normalized spacial score (nSPS) is 15.8. The lowest BCUT2D eigenvalue weighted by atomic mass is 9.89. The van der Waals surface area contributed by atoms with E-state index in [-0.39, 0.29) is 17.0 Å². The first-order chi connectivity index (χ1) is 17.2. The van der Waals surface area contributed by atoms with Crippen LogP contribution >= 0.6 is 0 Å². The smallest absolute Gasteiger partial charge is 0.393 e. The molecule has 8 nitrogen and oxygen atoms in total. The van der Waals surface area contributed by atoms with Gasteiger partial charge in [-0.2, -0.15) is 23.4 Å². The first-order valence-electron chi connectivity index (χ1n) is 12.0. The fourth-order valence-corrected chi connectivity index (χ4v) is 4.91. The molecule has 5 rings (SSSR count). The van der Waals surface area contributed by atoms with Crippen molar-refractivity contribution in [3.63, 3.8) is 0 Å². The maximum Gasteiger partial charge on any atom is 0.393 e. The van der Waals surface area contributed by atoms with E-state index < -0.39 is 12.6 Å². The molecule has 0 bridgehead atoms. The Morgan fingerprint density at radius 3 is 2.58 bits per heavy atom. The number of pyridine rings is 2. The van der Waals surface area contributed by atoms with Crippen LogP contribution in [0.4, 0.5) is 13.2 Å². The fourth-order valence-electron chi connectivity index (χ4n) is 4.91. The lowest BCUT2D eigenvalue weighted by Crippen LogP contribution is -2.37. The number of H-pyrrole nitrogens is 1. The molecule has 0 saturated carbocycles. The number of hydrogen-bond donors (Lipinski definition) is 1. The van der Waals surface area contributed by atoms with E-state index in [4.69, 9.17) is 4.74 Å². The van der Waals surface area contributed by atoms with Crippen molar-refractivity contribution >= 4 is 5.65 Å². The lowest BCUT2D eigenvalue weighted by molar-refractivity contribution is -0.127. The Hall–Kier alpha value is -3.47. The quantitative estimate of drug-likeness (QED) is 0.407. The topological polar surface area (TPSA) is 84.2 Å². The summed E-state index contributed by atoms with van der Waals surface area (Å²) in [5.41, 5.74) is 2.87. The van der Waals surface area contributed by atoms with Crippen LogP contribution in [0.5, 0.6) is 5.75 Å². The molecule has 0 amide bonds. The van der Waals surface area contributed by atoms with Crippen molar-refractivity contribution in [3.05, 3.63) is 48.0 Å². The first-order valence-corrected chi connectivity index (χ1v) is 12.0. The van der Waals surface area contributed by atoms with Gasteiger partial charge < -0.3 is 9.64 Å². The molecule has 1 aliphatic rings.